The smallest absolute Gasteiger partial charge is 0.179 e. The Morgan fingerprint density at radius 3 is 2.29 bits per heavy atom. The van der Waals surface area contributed by atoms with Gasteiger partial charge in [-0.05, 0) is 37.0 Å². The number of halogens is 2. The van der Waals surface area contributed by atoms with Crippen LogP contribution in [0.3, 0.4) is 0 Å². The van der Waals surface area contributed by atoms with Crippen molar-refractivity contribution in [3.05, 3.63) is 70.8 Å². The third kappa shape index (κ3) is 2.08. The molecule has 0 unspecified atom stereocenters. The molecule has 3 heteroatoms. The first kappa shape index (κ1) is 13.9. The standard InChI is InChI=1S/C18H16F2O/c1-12-8-9-14(19)15(16(12)20)17(21)18(10-5-11-18)13-6-3-2-4-7-13/h2-4,6-9H,5,10-11H2,1H3. The predicted molar refractivity (Wildman–Crippen MR) is 77.4 cm³/mol. The Balaban J connectivity index is 2.12. The van der Waals surface area contributed by atoms with Crippen molar-refractivity contribution in [2.75, 3.05) is 0 Å². The minimum atomic E-state index is -0.773. The van der Waals surface area contributed by atoms with Crippen LogP contribution in [0.2, 0.25) is 0 Å². The molecule has 0 aromatic heterocycles. The molecule has 0 saturated heterocycles. The van der Waals surface area contributed by atoms with Gasteiger partial charge in [-0.2, -0.15) is 0 Å². The van der Waals surface area contributed by atoms with Gasteiger partial charge in [0.05, 0.1) is 11.0 Å². The van der Waals surface area contributed by atoms with Crippen LogP contribution in [0.5, 0.6) is 0 Å². The van der Waals surface area contributed by atoms with Crippen molar-refractivity contribution in [2.24, 2.45) is 0 Å². The van der Waals surface area contributed by atoms with Crippen LogP contribution in [0.4, 0.5) is 8.78 Å². The Morgan fingerprint density at radius 1 is 1.05 bits per heavy atom. The molecule has 1 saturated carbocycles. The van der Waals surface area contributed by atoms with Gasteiger partial charge in [0.15, 0.2) is 5.78 Å². The molecular formula is C18H16F2O. The maximum Gasteiger partial charge on any atom is 0.179 e. The highest BCUT2D eigenvalue weighted by Crippen LogP contribution is 2.46. The molecule has 0 amide bonds. The molecule has 0 N–H and O–H groups in total. The van der Waals surface area contributed by atoms with Gasteiger partial charge in [-0.1, -0.05) is 42.8 Å². The highest BCUT2D eigenvalue weighted by Gasteiger charge is 2.47. The summed E-state index contributed by atoms with van der Waals surface area (Å²) in [4.78, 5) is 12.9. The number of carbonyl (C=O) groups is 1. The molecule has 0 bridgehead atoms. The van der Waals surface area contributed by atoms with Crippen LogP contribution in [0, 0.1) is 18.6 Å². The van der Waals surface area contributed by atoms with Crippen LogP contribution in [-0.2, 0) is 5.41 Å². The summed E-state index contributed by atoms with van der Waals surface area (Å²) in [7, 11) is 0. The zero-order valence-electron chi connectivity index (χ0n) is 11.8. The van der Waals surface area contributed by atoms with Crippen LogP contribution in [-0.4, -0.2) is 5.78 Å². The third-order valence-corrected chi connectivity index (χ3v) is 4.48. The number of Topliss-reactive ketones (excluding diaryl/α,β-unsaturated/α-hetero) is 1. The number of aryl methyl sites for hydroxylation is 1. The van der Waals surface area contributed by atoms with E-state index in [0.29, 0.717) is 18.4 Å². The first-order valence-electron chi connectivity index (χ1n) is 7.11. The molecule has 2 aromatic rings. The molecule has 1 nitrogen and oxygen atoms in total. The van der Waals surface area contributed by atoms with Crippen LogP contribution in [0.1, 0.15) is 40.7 Å². The monoisotopic (exact) mass is 286 g/mol. The molecule has 0 heterocycles. The highest BCUT2D eigenvalue weighted by molar-refractivity contribution is 6.05. The molecule has 21 heavy (non-hydrogen) atoms. The van der Waals surface area contributed by atoms with Crippen molar-refractivity contribution in [1.82, 2.24) is 0 Å². The summed E-state index contributed by atoms with van der Waals surface area (Å²) in [6.07, 6.45) is 2.18. The van der Waals surface area contributed by atoms with Gasteiger partial charge in [-0.3, -0.25) is 4.79 Å². The van der Waals surface area contributed by atoms with Crippen LogP contribution < -0.4 is 0 Å². The van der Waals surface area contributed by atoms with Gasteiger partial charge in [0.1, 0.15) is 11.6 Å². The Morgan fingerprint density at radius 2 is 1.71 bits per heavy atom. The summed E-state index contributed by atoms with van der Waals surface area (Å²) in [6.45, 7) is 1.54. The van der Waals surface area contributed by atoms with Gasteiger partial charge in [0, 0.05) is 0 Å². The molecule has 2 aromatic carbocycles. The van der Waals surface area contributed by atoms with Crippen molar-refractivity contribution in [3.8, 4) is 0 Å². The third-order valence-electron chi connectivity index (χ3n) is 4.48. The lowest BCUT2D eigenvalue weighted by Gasteiger charge is -2.41. The summed E-state index contributed by atoms with van der Waals surface area (Å²) in [5.41, 5.74) is -0.0149. The lowest BCUT2D eigenvalue weighted by atomic mass is 9.60. The summed E-state index contributed by atoms with van der Waals surface area (Å²) >= 11 is 0. The van der Waals surface area contributed by atoms with E-state index in [-0.39, 0.29) is 0 Å². The van der Waals surface area contributed by atoms with Crippen molar-refractivity contribution < 1.29 is 13.6 Å². The highest BCUT2D eigenvalue weighted by atomic mass is 19.1. The summed E-state index contributed by atoms with van der Waals surface area (Å²) in [5, 5.41) is 0. The molecule has 1 aliphatic carbocycles. The van der Waals surface area contributed by atoms with Crippen LogP contribution in [0.25, 0.3) is 0 Å². The van der Waals surface area contributed by atoms with E-state index in [9.17, 15) is 13.6 Å². The van der Waals surface area contributed by atoms with Gasteiger partial charge >= 0.3 is 0 Å². The second kappa shape index (κ2) is 5.06. The molecule has 0 aliphatic heterocycles. The summed E-state index contributed by atoms with van der Waals surface area (Å²) < 4.78 is 28.3. The number of hydrogen-bond donors (Lipinski definition) is 0. The fourth-order valence-electron chi connectivity index (χ4n) is 3.04. The number of hydrogen-bond acceptors (Lipinski definition) is 1. The van der Waals surface area contributed by atoms with E-state index in [0.717, 1.165) is 12.0 Å². The molecule has 108 valence electrons. The van der Waals surface area contributed by atoms with Gasteiger partial charge < -0.3 is 0 Å². The molecule has 0 spiro atoms. The van der Waals surface area contributed by atoms with Crippen LogP contribution >= 0.6 is 0 Å². The second-order valence-corrected chi connectivity index (χ2v) is 5.68. The first-order valence-corrected chi connectivity index (χ1v) is 7.11. The average Bonchev–Trinajstić information content (AvgIpc) is 2.43. The fourth-order valence-corrected chi connectivity index (χ4v) is 3.04. The topological polar surface area (TPSA) is 17.1 Å². The molecule has 3 rings (SSSR count). The van der Waals surface area contributed by atoms with Gasteiger partial charge in [0.25, 0.3) is 0 Å². The Kier molecular flexibility index (Phi) is 3.36. The van der Waals surface area contributed by atoms with Crippen molar-refractivity contribution in [1.29, 1.82) is 0 Å². The first-order chi connectivity index (χ1) is 10.1. The van der Waals surface area contributed by atoms with E-state index in [1.54, 1.807) is 6.92 Å². The van der Waals surface area contributed by atoms with Crippen molar-refractivity contribution in [3.63, 3.8) is 0 Å². The van der Waals surface area contributed by atoms with Crippen LogP contribution in [0.15, 0.2) is 42.5 Å². The molecule has 0 atom stereocenters. The minimum absolute atomic E-state index is 0.294. The molecule has 1 aliphatic rings. The SMILES string of the molecule is Cc1ccc(F)c(C(=O)C2(c3ccccc3)CCC2)c1F. The van der Waals surface area contributed by atoms with Gasteiger partial charge in [-0.15, -0.1) is 0 Å². The largest absolute Gasteiger partial charge is 0.293 e. The number of rotatable bonds is 3. The average molecular weight is 286 g/mol. The van der Waals surface area contributed by atoms with E-state index < -0.39 is 28.4 Å². The van der Waals surface area contributed by atoms with Crippen molar-refractivity contribution in [2.45, 2.75) is 31.6 Å². The number of ketones is 1. The Labute approximate surface area is 122 Å². The van der Waals surface area contributed by atoms with E-state index >= 15 is 0 Å². The number of benzene rings is 2. The van der Waals surface area contributed by atoms with Gasteiger partial charge in [0.2, 0.25) is 0 Å². The minimum Gasteiger partial charge on any atom is -0.293 e. The quantitative estimate of drug-likeness (QED) is 0.755. The molecule has 1 fully saturated rings. The van der Waals surface area contributed by atoms with E-state index in [1.807, 2.05) is 30.3 Å². The lowest BCUT2D eigenvalue weighted by Crippen LogP contribution is -2.43. The van der Waals surface area contributed by atoms with Crippen molar-refractivity contribution >= 4 is 5.78 Å². The van der Waals surface area contributed by atoms with E-state index in [4.69, 9.17) is 0 Å². The summed E-state index contributed by atoms with van der Waals surface area (Å²) in [6, 6.07) is 11.8. The van der Waals surface area contributed by atoms with Gasteiger partial charge in [-0.25, -0.2) is 8.78 Å². The fraction of sp³-hybridized carbons (Fsp3) is 0.278. The molecular weight excluding hydrogens is 270 g/mol. The zero-order chi connectivity index (χ0) is 15.0. The predicted octanol–water partition coefficient (Wildman–Crippen LogP) is 4.58. The summed E-state index contributed by atoms with van der Waals surface area (Å²) in [5.74, 6) is -1.94. The second-order valence-electron chi connectivity index (χ2n) is 5.68. The molecule has 0 radical (unpaired) electrons. The Hall–Kier alpha value is -2.03. The lowest BCUT2D eigenvalue weighted by molar-refractivity contribution is 0.0779. The Bertz CT molecular complexity index is 688. The van der Waals surface area contributed by atoms with E-state index in [1.165, 1.54) is 12.1 Å². The zero-order valence-corrected chi connectivity index (χ0v) is 11.8. The number of carbonyl (C=O) groups excluding carboxylic acids is 1. The normalized spacial score (nSPS) is 16.3. The van der Waals surface area contributed by atoms with E-state index in [2.05, 4.69) is 0 Å². The maximum atomic E-state index is 14.3. The maximum absolute atomic E-state index is 14.3.